The van der Waals surface area contributed by atoms with Gasteiger partial charge in [-0.1, -0.05) is 12.1 Å². The van der Waals surface area contributed by atoms with Gasteiger partial charge in [0, 0.05) is 24.6 Å². The second-order valence-corrected chi connectivity index (χ2v) is 4.51. The van der Waals surface area contributed by atoms with E-state index in [1.807, 2.05) is 12.1 Å². The molecule has 0 aliphatic rings. The second kappa shape index (κ2) is 6.15. The third-order valence-corrected chi connectivity index (χ3v) is 2.99. The maximum Gasteiger partial charge on any atom is 0.269 e. The van der Waals surface area contributed by atoms with Crippen LogP contribution in [0.1, 0.15) is 17.7 Å². The molecule has 0 aliphatic heterocycles. The molecule has 1 unspecified atom stereocenters. The third kappa shape index (κ3) is 3.93. The van der Waals surface area contributed by atoms with Gasteiger partial charge in [-0.3, -0.25) is 10.1 Å². The van der Waals surface area contributed by atoms with Gasteiger partial charge in [0.05, 0.1) is 11.2 Å². The molecule has 1 aromatic carbocycles. The molecule has 0 radical (unpaired) electrons. The van der Waals surface area contributed by atoms with Crippen LogP contribution in [-0.2, 0) is 12.8 Å². The highest BCUT2D eigenvalue weighted by Crippen LogP contribution is 2.14. The Labute approximate surface area is 111 Å². The van der Waals surface area contributed by atoms with Gasteiger partial charge in [-0.15, -0.1) is 0 Å². The maximum absolute atomic E-state index is 10.5. The molecule has 0 bridgehead atoms. The minimum absolute atomic E-state index is 0.0200. The van der Waals surface area contributed by atoms with Crippen LogP contribution in [0.15, 0.2) is 47.1 Å². The fraction of sp³-hybridized carbons (Fsp3) is 0.286. The molecule has 2 aromatic rings. The van der Waals surface area contributed by atoms with Gasteiger partial charge in [0.25, 0.3) is 5.69 Å². The van der Waals surface area contributed by atoms with Crippen molar-refractivity contribution in [2.75, 3.05) is 0 Å². The van der Waals surface area contributed by atoms with Gasteiger partial charge in [0.2, 0.25) is 0 Å². The highest BCUT2D eigenvalue weighted by molar-refractivity contribution is 5.33. The van der Waals surface area contributed by atoms with Gasteiger partial charge in [-0.2, -0.15) is 0 Å². The molecule has 0 fully saturated rings. The molecule has 1 atom stereocenters. The molecule has 0 saturated heterocycles. The van der Waals surface area contributed by atoms with E-state index in [1.165, 1.54) is 12.1 Å². The number of nitrogens with zero attached hydrogens (tertiary/aromatic N) is 1. The van der Waals surface area contributed by atoms with E-state index in [4.69, 9.17) is 10.2 Å². The predicted octanol–water partition coefficient (Wildman–Crippen LogP) is 2.69. The number of nitro benzene ring substituents is 1. The Morgan fingerprint density at radius 3 is 2.58 bits per heavy atom. The van der Waals surface area contributed by atoms with Crippen molar-refractivity contribution in [1.82, 2.24) is 0 Å². The number of aryl methyl sites for hydroxylation is 1. The van der Waals surface area contributed by atoms with Crippen LogP contribution in [0.5, 0.6) is 0 Å². The van der Waals surface area contributed by atoms with Gasteiger partial charge in [0.15, 0.2) is 0 Å². The lowest BCUT2D eigenvalue weighted by Gasteiger charge is -2.10. The number of non-ortho nitro benzene ring substituents is 1. The monoisotopic (exact) mass is 260 g/mol. The molecule has 5 heteroatoms. The molecule has 0 aliphatic carbocycles. The fourth-order valence-corrected chi connectivity index (χ4v) is 1.94. The van der Waals surface area contributed by atoms with Crippen LogP contribution >= 0.6 is 0 Å². The molecule has 0 spiro atoms. The summed E-state index contributed by atoms with van der Waals surface area (Å²) in [5.41, 5.74) is 7.16. The number of hydrogen-bond donors (Lipinski definition) is 1. The van der Waals surface area contributed by atoms with Crippen LogP contribution in [0, 0.1) is 10.1 Å². The maximum atomic E-state index is 10.5. The van der Waals surface area contributed by atoms with E-state index in [0.717, 1.165) is 24.2 Å². The molecule has 1 aromatic heterocycles. The fourth-order valence-electron chi connectivity index (χ4n) is 1.94. The first-order chi connectivity index (χ1) is 9.15. The van der Waals surface area contributed by atoms with Gasteiger partial charge in [0.1, 0.15) is 5.76 Å². The number of rotatable bonds is 6. The number of furan rings is 1. The zero-order valence-corrected chi connectivity index (χ0v) is 10.5. The first-order valence-electron chi connectivity index (χ1n) is 6.16. The van der Waals surface area contributed by atoms with Crippen molar-refractivity contribution in [3.63, 3.8) is 0 Å². The van der Waals surface area contributed by atoms with E-state index in [-0.39, 0.29) is 11.7 Å². The van der Waals surface area contributed by atoms with E-state index in [0.29, 0.717) is 6.42 Å². The summed E-state index contributed by atoms with van der Waals surface area (Å²) < 4.78 is 5.25. The highest BCUT2D eigenvalue weighted by Gasteiger charge is 2.08. The number of hydrogen-bond acceptors (Lipinski definition) is 4. The van der Waals surface area contributed by atoms with Crippen LogP contribution in [-0.4, -0.2) is 11.0 Å². The molecule has 0 amide bonds. The number of nitro groups is 1. The lowest BCUT2D eigenvalue weighted by molar-refractivity contribution is -0.384. The van der Waals surface area contributed by atoms with E-state index in [1.54, 1.807) is 18.4 Å². The largest absolute Gasteiger partial charge is 0.469 e. The quantitative estimate of drug-likeness (QED) is 0.639. The lowest BCUT2D eigenvalue weighted by Crippen LogP contribution is -2.23. The third-order valence-electron chi connectivity index (χ3n) is 2.99. The summed E-state index contributed by atoms with van der Waals surface area (Å²) in [5, 5.41) is 10.5. The van der Waals surface area contributed by atoms with Gasteiger partial charge in [-0.05, 0) is 30.5 Å². The van der Waals surface area contributed by atoms with Crippen molar-refractivity contribution in [3.05, 3.63) is 64.1 Å². The van der Waals surface area contributed by atoms with E-state index < -0.39 is 4.92 Å². The Hall–Kier alpha value is -2.14. The average Bonchev–Trinajstić information content (AvgIpc) is 2.90. The van der Waals surface area contributed by atoms with Crippen molar-refractivity contribution < 1.29 is 9.34 Å². The first-order valence-corrected chi connectivity index (χ1v) is 6.16. The Morgan fingerprint density at radius 1 is 1.26 bits per heavy atom. The SMILES string of the molecule is NC(CCc1ccco1)Cc1ccc([N+](=O)[O-])cc1. The molecule has 5 nitrogen and oxygen atoms in total. The summed E-state index contributed by atoms with van der Waals surface area (Å²) in [5.74, 6) is 0.930. The Morgan fingerprint density at radius 2 is 2.00 bits per heavy atom. The van der Waals surface area contributed by atoms with E-state index in [9.17, 15) is 10.1 Å². The van der Waals surface area contributed by atoms with Crippen LogP contribution in [0.2, 0.25) is 0 Å². The predicted molar refractivity (Wildman–Crippen MR) is 71.8 cm³/mol. The molecular formula is C14H16N2O3. The second-order valence-electron chi connectivity index (χ2n) is 4.51. The van der Waals surface area contributed by atoms with Crippen LogP contribution in [0.25, 0.3) is 0 Å². The summed E-state index contributed by atoms with van der Waals surface area (Å²) in [7, 11) is 0. The molecule has 1 heterocycles. The first kappa shape index (κ1) is 13.3. The summed E-state index contributed by atoms with van der Waals surface area (Å²) in [6.07, 6.45) is 3.99. The van der Waals surface area contributed by atoms with Crippen LogP contribution in [0.3, 0.4) is 0 Å². The minimum Gasteiger partial charge on any atom is -0.469 e. The Balaban J connectivity index is 1.84. The van der Waals surface area contributed by atoms with Gasteiger partial charge >= 0.3 is 0 Å². The standard InChI is InChI=1S/C14H16N2O3/c15-12(5-8-14-2-1-9-19-14)10-11-3-6-13(7-4-11)16(17)18/h1-4,6-7,9,12H,5,8,10,15H2. The van der Waals surface area contributed by atoms with Gasteiger partial charge in [-0.25, -0.2) is 0 Å². The molecule has 19 heavy (non-hydrogen) atoms. The smallest absolute Gasteiger partial charge is 0.269 e. The summed E-state index contributed by atoms with van der Waals surface area (Å²) >= 11 is 0. The Kier molecular flexibility index (Phi) is 4.30. The zero-order valence-electron chi connectivity index (χ0n) is 10.5. The van der Waals surface area contributed by atoms with E-state index >= 15 is 0 Å². The summed E-state index contributed by atoms with van der Waals surface area (Å²) in [4.78, 5) is 10.1. The van der Waals surface area contributed by atoms with Crippen molar-refractivity contribution in [3.8, 4) is 0 Å². The molecule has 0 saturated carbocycles. The zero-order chi connectivity index (χ0) is 13.7. The Bertz CT molecular complexity index is 520. The molecule has 2 N–H and O–H groups in total. The van der Waals surface area contributed by atoms with Gasteiger partial charge < -0.3 is 10.2 Å². The van der Waals surface area contributed by atoms with Crippen LogP contribution in [0.4, 0.5) is 5.69 Å². The number of nitrogens with two attached hydrogens (primary N) is 1. The average molecular weight is 260 g/mol. The molecule has 2 rings (SSSR count). The van der Waals surface area contributed by atoms with Crippen LogP contribution < -0.4 is 5.73 Å². The normalized spacial score (nSPS) is 12.3. The van der Waals surface area contributed by atoms with Crippen molar-refractivity contribution in [1.29, 1.82) is 0 Å². The summed E-state index contributed by atoms with van der Waals surface area (Å²) in [6, 6.07) is 10.3. The topological polar surface area (TPSA) is 82.3 Å². The molecule has 100 valence electrons. The van der Waals surface area contributed by atoms with E-state index in [2.05, 4.69) is 0 Å². The van der Waals surface area contributed by atoms with Crippen molar-refractivity contribution >= 4 is 5.69 Å². The van der Waals surface area contributed by atoms with Crippen molar-refractivity contribution in [2.24, 2.45) is 5.73 Å². The summed E-state index contributed by atoms with van der Waals surface area (Å²) in [6.45, 7) is 0. The van der Waals surface area contributed by atoms with Crippen molar-refractivity contribution in [2.45, 2.75) is 25.3 Å². The number of benzene rings is 1. The highest BCUT2D eigenvalue weighted by atomic mass is 16.6. The lowest BCUT2D eigenvalue weighted by atomic mass is 10.0. The minimum atomic E-state index is -0.402. The molecular weight excluding hydrogens is 244 g/mol.